The number of thioether (sulfide) groups is 1. The molecule has 1 saturated carbocycles. The second-order valence-corrected chi connectivity index (χ2v) is 5.75. The van der Waals surface area contributed by atoms with E-state index in [0.717, 1.165) is 18.7 Å². The number of benzene rings is 1. The Morgan fingerprint density at radius 1 is 1.52 bits per heavy atom. The van der Waals surface area contributed by atoms with E-state index in [9.17, 15) is 4.79 Å². The maximum absolute atomic E-state index is 11.9. The summed E-state index contributed by atoms with van der Waals surface area (Å²) in [4.78, 5) is 16.2. The lowest BCUT2D eigenvalue weighted by Gasteiger charge is -2.03. The molecule has 2 N–H and O–H groups in total. The standard InChI is InChI=1S/C14H13N5OS/c15-7-9-2-1-3-11(6-9)16-12(20)8-21-14-17-13(18-19-14)10-4-5-10/h1-3,6,10H,4-5,8H2,(H,16,20)(H,17,18,19). The smallest absolute Gasteiger partial charge is 0.234 e. The minimum atomic E-state index is -0.145. The maximum atomic E-state index is 11.9. The second-order valence-electron chi connectivity index (χ2n) is 4.81. The van der Waals surface area contributed by atoms with Crippen LogP contribution in [0.2, 0.25) is 0 Å². The average molecular weight is 299 g/mol. The number of nitrogens with zero attached hydrogens (tertiary/aromatic N) is 3. The van der Waals surface area contributed by atoms with Gasteiger partial charge in [0.1, 0.15) is 5.82 Å². The lowest BCUT2D eigenvalue weighted by atomic mass is 10.2. The summed E-state index contributed by atoms with van der Waals surface area (Å²) in [7, 11) is 0. The lowest BCUT2D eigenvalue weighted by molar-refractivity contribution is -0.113. The topological polar surface area (TPSA) is 94.5 Å². The van der Waals surface area contributed by atoms with Gasteiger partial charge in [-0.05, 0) is 31.0 Å². The number of aromatic nitrogens is 3. The normalized spacial score (nSPS) is 13.7. The summed E-state index contributed by atoms with van der Waals surface area (Å²) in [6.07, 6.45) is 2.32. The summed E-state index contributed by atoms with van der Waals surface area (Å²) < 4.78 is 0. The van der Waals surface area contributed by atoms with Crippen LogP contribution in [0.25, 0.3) is 0 Å². The first-order chi connectivity index (χ1) is 10.2. The summed E-state index contributed by atoms with van der Waals surface area (Å²) in [6, 6.07) is 8.85. The van der Waals surface area contributed by atoms with Crippen molar-refractivity contribution in [1.82, 2.24) is 15.2 Å². The van der Waals surface area contributed by atoms with Crippen LogP contribution in [0, 0.1) is 11.3 Å². The van der Waals surface area contributed by atoms with Crippen LogP contribution in [0.4, 0.5) is 5.69 Å². The van der Waals surface area contributed by atoms with Gasteiger partial charge in [-0.2, -0.15) is 5.26 Å². The Labute approximate surface area is 126 Å². The van der Waals surface area contributed by atoms with Crippen LogP contribution in [0.3, 0.4) is 0 Å². The number of rotatable bonds is 5. The number of hydrogen-bond acceptors (Lipinski definition) is 5. The minimum Gasteiger partial charge on any atom is -0.325 e. The van der Waals surface area contributed by atoms with E-state index >= 15 is 0 Å². The fraction of sp³-hybridized carbons (Fsp3) is 0.286. The Bertz CT molecular complexity index is 701. The zero-order chi connectivity index (χ0) is 14.7. The number of nitriles is 1. The summed E-state index contributed by atoms with van der Waals surface area (Å²) in [6.45, 7) is 0. The Morgan fingerprint density at radius 2 is 2.38 bits per heavy atom. The van der Waals surface area contributed by atoms with Gasteiger partial charge in [-0.25, -0.2) is 4.98 Å². The molecule has 7 heteroatoms. The van der Waals surface area contributed by atoms with Crippen molar-refractivity contribution in [3.05, 3.63) is 35.7 Å². The molecular formula is C14H13N5OS. The molecule has 1 aromatic heterocycles. The monoisotopic (exact) mass is 299 g/mol. The zero-order valence-electron chi connectivity index (χ0n) is 11.2. The predicted octanol–water partition coefficient (Wildman–Crippen LogP) is 2.28. The van der Waals surface area contributed by atoms with Crippen molar-refractivity contribution in [2.75, 3.05) is 11.1 Å². The van der Waals surface area contributed by atoms with E-state index in [1.54, 1.807) is 24.3 Å². The van der Waals surface area contributed by atoms with Crippen LogP contribution in [0.1, 0.15) is 30.1 Å². The first kappa shape index (κ1) is 13.6. The number of anilines is 1. The molecule has 0 aliphatic heterocycles. The Hall–Kier alpha value is -2.33. The zero-order valence-corrected chi connectivity index (χ0v) is 12.0. The quantitative estimate of drug-likeness (QED) is 0.826. The molecule has 106 valence electrons. The van der Waals surface area contributed by atoms with Crippen molar-refractivity contribution in [1.29, 1.82) is 5.26 Å². The van der Waals surface area contributed by atoms with Crippen LogP contribution >= 0.6 is 11.8 Å². The van der Waals surface area contributed by atoms with E-state index in [1.807, 2.05) is 6.07 Å². The number of aromatic amines is 1. The molecule has 0 spiro atoms. The van der Waals surface area contributed by atoms with Crippen molar-refractivity contribution in [2.24, 2.45) is 0 Å². The fourth-order valence-electron chi connectivity index (χ4n) is 1.86. The first-order valence-electron chi connectivity index (χ1n) is 6.60. The molecule has 0 saturated heterocycles. The molecule has 1 amide bonds. The molecule has 0 radical (unpaired) electrons. The van der Waals surface area contributed by atoms with Crippen molar-refractivity contribution in [3.63, 3.8) is 0 Å². The van der Waals surface area contributed by atoms with E-state index < -0.39 is 0 Å². The van der Waals surface area contributed by atoms with Gasteiger partial charge in [0.25, 0.3) is 0 Å². The summed E-state index contributed by atoms with van der Waals surface area (Å²) >= 11 is 1.29. The number of H-pyrrole nitrogens is 1. The van der Waals surface area contributed by atoms with Gasteiger partial charge >= 0.3 is 0 Å². The number of carbonyl (C=O) groups is 1. The Balaban J connectivity index is 1.52. The van der Waals surface area contributed by atoms with E-state index in [4.69, 9.17) is 5.26 Å². The van der Waals surface area contributed by atoms with Crippen molar-refractivity contribution in [2.45, 2.75) is 23.9 Å². The van der Waals surface area contributed by atoms with Crippen molar-refractivity contribution < 1.29 is 4.79 Å². The lowest BCUT2D eigenvalue weighted by Crippen LogP contribution is -2.14. The van der Waals surface area contributed by atoms with Gasteiger partial charge in [0, 0.05) is 11.6 Å². The van der Waals surface area contributed by atoms with Gasteiger partial charge in [-0.15, -0.1) is 5.10 Å². The van der Waals surface area contributed by atoms with Gasteiger partial charge in [-0.1, -0.05) is 17.8 Å². The van der Waals surface area contributed by atoms with Gasteiger partial charge < -0.3 is 5.32 Å². The molecule has 0 atom stereocenters. The fourth-order valence-corrected chi connectivity index (χ4v) is 2.46. The highest BCUT2D eigenvalue weighted by atomic mass is 32.2. The van der Waals surface area contributed by atoms with E-state index in [0.29, 0.717) is 22.3 Å². The average Bonchev–Trinajstić information content (AvgIpc) is 3.24. The summed E-state index contributed by atoms with van der Waals surface area (Å²) in [5.74, 6) is 1.53. The first-order valence-corrected chi connectivity index (χ1v) is 7.58. The highest BCUT2D eigenvalue weighted by Gasteiger charge is 2.27. The third kappa shape index (κ3) is 3.61. The van der Waals surface area contributed by atoms with E-state index in [2.05, 4.69) is 20.5 Å². The van der Waals surface area contributed by atoms with Gasteiger partial charge in [0.2, 0.25) is 11.1 Å². The summed E-state index contributed by atoms with van der Waals surface area (Å²) in [5, 5.41) is 19.2. The molecule has 0 bridgehead atoms. The van der Waals surface area contributed by atoms with Crippen LogP contribution in [-0.2, 0) is 4.79 Å². The Morgan fingerprint density at radius 3 is 3.14 bits per heavy atom. The largest absolute Gasteiger partial charge is 0.325 e. The summed E-state index contributed by atoms with van der Waals surface area (Å²) in [5.41, 5.74) is 1.14. The molecule has 1 aliphatic rings. The highest BCUT2D eigenvalue weighted by molar-refractivity contribution is 7.99. The number of amides is 1. The molecule has 6 nitrogen and oxygen atoms in total. The van der Waals surface area contributed by atoms with Crippen LogP contribution in [0.15, 0.2) is 29.4 Å². The van der Waals surface area contributed by atoms with Crippen LogP contribution in [-0.4, -0.2) is 26.8 Å². The molecular weight excluding hydrogens is 286 g/mol. The molecule has 21 heavy (non-hydrogen) atoms. The predicted molar refractivity (Wildman–Crippen MR) is 78.9 cm³/mol. The van der Waals surface area contributed by atoms with Gasteiger partial charge in [-0.3, -0.25) is 9.89 Å². The van der Waals surface area contributed by atoms with E-state index in [1.165, 1.54) is 11.8 Å². The van der Waals surface area contributed by atoms with Crippen LogP contribution in [0.5, 0.6) is 0 Å². The van der Waals surface area contributed by atoms with Gasteiger partial charge in [0.05, 0.1) is 17.4 Å². The van der Waals surface area contributed by atoms with Gasteiger partial charge in [0.15, 0.2) is 0 Å². The number of nitrogens with one attached hydrogen (secondary N) is 2. The van der Waals surface area contributed by atoms with Crippen LogP contribution < -0.4 is 5.32 Å². The molecule has 1 aromatic carbocycles. The van der Waals surface area contributed by atoms with Crippen molar-refractivity contribution >= 4 is 23.4 Å². The number of carbonyl (C=O) groups excluding carboxylic acids is 1. The molecule has 1 heterocycles. The minimum absolute atomic E-state index is 0.145. The third-order valence-corrected chi connectivity index (χ3v) is 3.90. The SMILES string of the molecule is N#Cc1cccc(NC(=O)CSc2n[nH]c(C3CC3)n2)c1. The number of hydrogen-bond donors (Lipinski definition) is 2. The van der Waals surface area contributed by atoms with E-state index in [-0.39, 0.29) is 11.7 Å². The molecule has 2 aromatic rings. The molecule has 0 unspecified atom stereocenters. The molecule has 1 fully saturated rings. The Kier molecular flexibility index (Phi) is 3.88. The maximum Gasteiger partial charge on any atom is 0.234 e. The molecule has 1 aliphatic carbocycles. The van der Waals surface area contributed by atoms with Crippen molar-refractivity contribution in [3.8, 4) is 6.07 Å². The third-order valence-electron chi connectivity index (χ3n) is 3.05. The highest BCUT2D eigenvalue weighted by Crippen LogP contribution is 2.38. The second kappa shape index (κ2) is 5.97. The molecule has 3 rings (SSSR count).